The van der Waals surface area contributed by atoms with Crippen molar-refractivity contribution in [1.29, 1.82) is 0 Å². The molecule has 1 aromatic carbocycles. The molecule has 0 fully saturated rings. The normalized spacial score (nSPS) is 10.6. The summed E-state index contributed by atoms with van der Waals surface area (Å²) in [7, 11) is 0. The van der Waals surface area contributed by atoms with Crippen molar-refractivity contribution in [1.82, 2.24) is 9.88 Å². The summed E-state index contributed by atoms with van der Waals surface area (Å²) in [6.45, 7) is 4.46. The van der Waals surface area contributed by atoms with Crippen LogP contribution in [-0.2, 0) is 11.3 Å². The summed E-state index contributed by atoms with van der Waals surface area (Å²) in [5.41, 5.74) is 0.492. The summed E-state index contributed by atoms with van der Waals surface area (Å²) in [5, 5.41) is 13.3. The van der Waals surface area contributed by atoms with Gasteiger partial charge in [0.1, 0.15) is 18.9 Å². The van der Waals surface area contributed by atoms with Crippen LogP contribution in [0.3, 0.4) is 0 Å². The van der Waals surface area contributed by atoms with Gasteiger partial charge in [0.2, 0.25) is 5.91 Å². The van der Waals surface area contributed by atoms with Gasteiger partial charge in [0.15, 0.2) is 0 Å². The fourth-order valence-corrected chi connectivity index (χ4v) is 2.27. The first-order valence-electron chi connectivity index (χ1n) is 8.21. The molecule has 8 heteroatoms. The monoisotopic (exact) mass is 359 g/mol. The van der Waals surface area contributed by atoms with E-state index in [2.05, 4.69) is 19.2 Å². The topological polar surface area (TPSA) is 103 Å². The number of aromatic nitrogens is 1. The Balaban J connectivity index is 1.79. The number of nitrogens with one attached hydrogen (secondary N) is 1. The van der Waals surface area contributed by atoms with Gasteiger partial charge in [-0.05, 0) is 23.6 Å². The minimum absolute atomic E-state index is 0.245. The van der Waals surface area contributed by atoms with Crippen molar-refractivity contribution in [3.05, 3.63) is 68.6 Å². The fourth-order valence-electron chi connectivity index (χ4n) is 2.27. The number of ether oxygens (including phenoxy) is 1. The molecule has 0 aliphatic rings. The van der Waals surface area contributed by atoms with Gasteiger partial charge >= 0.3 is 0 Å². The highest BCUT2D eigenvalue weighted by atomic mass is 16.6. The molecule has 0 spiro atoms. The molecule has 0 atom stereocenters. The molecule has 26 heavy (non-hydrogen) atoms. The van der Waals surface area contributed by atoms with Crippen molar-refractivity contribution in [3.63, 3.8) is 0 Å². The third kappa shape index (κ3) is 5.44. The summed E-state index contributed by atoms with van der Waals surface area (Å²) < 4.78 is 6.54. The zero-order valence-corrected chi connectivity index (χ0v) is 14.7. The largest absolute Gasteiger partial charge is 0.492 e. The standard InChI is InChI=1S/C18H21N3O5/c1-13(2)14-3-6-16(7-4-14)26-10-9-19-17(22)12-20-11-15(21(24)25)5-8-18(20)23/h3-8,11,13H,9-10,12H2,1-2H3,(H,19,22). The number of nitrogens with zero attached hydrogens (tertiary/aromatic N) is 2. The Bertz CT molecular complexity index is 827. The minimum atomic E-state index is -0.619. The predicted molar refractivity (Wildman–Crippen MR) is 96.4 cm³/mol. The van der Waals surface area contributed by atoms with Crippen molar-refractivity contribution in [2.75, 3.05) is 13.2 Å². The Morgan fingerprint density at radius 3 is 2.54 bits per heavy atom. The van der Waals surface area contributed by atoms with E-state index >= 15 is 0 Å². The van der Waals surface area contributed by atoms with Crippen molar-refractivity contribution < 1.29 is 14.5 Å². The maximum Gasteiger partial charge on any atom is 0.285 e. The second kappa shape index (κ2) is 8.80. The number of hydrogen-bond donors (Lipinski definition) is 1. The van der Waals surface area contributed by atoms with Crippen LogP contribution in [0.4, 0.5) is 5.69 Å². The third-order valence-corrected chi connectivity index (χ3v) is 3.73. The van der Waals surface area contributed by atoms with Crippen molar-refractivity contribution >= 4 is 11.6 Å². The summed E-state index contributed by atoms with van der Waals surface area (Å²) in [6, 6.07) is 9.91. The van der Waals surface area contributed by atoms with E-state index in [1.54, 1.807) is 0 Å². The van der Waals surface area contributed by atoms with E-state index < -0.39 is 16.4 Å². The molecule has 0 aliphatic carbocycles. The van der Waals surface area contributed by atoms with Crippen LogP contribution in [0, 0.1) is 10.1 Å². The second-order valence-corrected chi connectivity index (χ2v) is 6.03. The highest BCUT2D eigenvalue weighted by molar-refractivity contribution is 5.75. The lowest BCUT2D eigenvalue weighted by Crippen LogP contribution is -2.34. The zero-order valence-electron chi connectivity index (χ0n) is 14.7. The number of benzene rings is 1. The van der Waals surface area contributed by atoms with Gasteiger partial charge in [-0.15, -0.1) is 0 Å². The van der Waals surface area contributed by atoms with E-state index in [4.69, 9.17) is 4.74 Å². The highest BCUT2D eigenvalue weighted by Gasteiger charge is 2.10. The van der Waals surface area contributed by atoms with Gasteiger partial charge in [-0.1, -0.05) is 26.0 Å². The molecule has 0 unspecified atom stereocenters. The van der Waals surface area contributed by atoms with Gasteiger partial charge in [0.05, 0.1) is 17.7 Å². The summed E-state index contributed by atoms with van der Waals surface area (Å²) in [4.78, 5) is 33.6. The van der Waals surface area contributed by atoms with Crippen LogP contribution < -0.4 is 15.6 Å². The molecule has 0 saturated heterocycles. The molecule has 2 rings (SSSR count). The Labute approximate surface area is 150 Å². The third-order valence-electron chi connectivity index (χ3n) is 3.73. The van der Waals surface area contributed by atoms with Crippen LogP contribution in [-0.4, -0.2) is 28.5 Å². The van der Waals surface area contributed by atoms with Crippen LogP contribution in [0.25, 0.3) is 0 Å². The number of amides is 1. The van der Waals surface area contributed by atoms with Crippen LogP contribution in [0.1, 0.15) is 25.3 Å². The molecule has 1 N–H and O–H groups in total. The molecular weight excluding hydrogens is 338 g/mol. The molecule has 2 aromatic rings. The summed E-state index contributed by atoms with van der Waals surface area (Å²) >= 11 is 0. The van der Waals surface area contributed by atoms with Gasteiger partial charge in [-0.3, -0.25) is 24.3 Å². The molecule has 8 nitrogen and oxygen atoms in total. The Morgan fingerprint density at radius 2 is 1.92 bits per heavy atom. The Kier molecular flexibility index (Phi) is 6.48. The number of pyridine rings is 1. The van der Waals surface area contributed by atoms with Crippen LogP contribution in [0.5, 0.6) is 5.75 Å². The first-order chi connectivity index (χ1) is 12.4. The maximum absolute atomic E-state index is 11.9. The van der Waals surface area contributed by atoms with E-state index in [1.807, 2.05) is 24.3 Å². The molecular formula is C18H21N3O5. The predicted octanol–water partition coefficient (Wildman–Crippen LogP) is 2.08. The Morgan fingerprint density at radius 1 is 1.23 bits per heavy atom. The van der Waals surface area contributed by atoms with E-state index in [0.717, 1.165) is 22.9 Å². The van der Waals surface area contributed by atoms with Gasteiger partial charge in [0.25, 0.3) is 11.2 Å². The molecule has 138 valence electrons. The molecule has 0 bridgehead atoms. The number of hydrogen-bond acceptors (Lipinski definition) is 5. The molecule has 1 amide bonds. The quantitative estimate of drug-likeness (QED) is 0.441. The van der Waals surface area contributed by atoms with Crippen molar-refractivity contribution in [3.8, 4) is 5.75 Å². The zero-order chi connectivity index (χ0) is 19.1. The number of carbonyl (C=O) groups excluding carboxylic acids is 1. The van der Waals surface area contributed by atoms with Crippen LogP contribution >= 0.6 is 0 Å². The SMILES string of the molecule is CC(C)c1ccc(OCCNC(=O)Cn2cc([N+](=O)[O-])ccc2=O)cc1. The lowest BCUT2D eigenvalue weighted by molar-refractivity contribution is -0.385. The van der Waals surface area contributed by atoms with Crippen molar-refractivity contribution in [2.45, 2.75) is 26.3 Å². The highest BCUT2D eigenvalue weighted by Crippen LogP contribution is 2.18. The average Bonchev–Trinajstić information content (AvgIpc) is 2.61. The van der Waals surface area contributed by atoms with Crippen LogP contribution in [0.2, 0.25) is 0 Å². The first-order valence-corrected chi connectivity index (χ1v) is 8.21. The van der Waals surface area contributed by atoms with Crippen molar-refractivity contribution in [2.24, 2.45) is 0 Å². The minimum Gasteiger partial charge on any atom is -0.492 e. The first kappa shape index (κ1) is 19.2. The van der Waals surface area contributed by atoms with Gasteiger partial charge in [-0.25, -0.2) is 0 Å². The van der Waals surface area contributed by atoms with E-state index in [0.29, 0.717) is 11.7 Å². The number of nitro groups is 1. The van der Waals surface area contributed by atoms with Gasteiger partial charge < -0.3 is 10.1 Å². The molecule has 1 heterocycles. The molecule has 1 aromatic heterocycles. The molecule has 0 aliphatic heterocycles. The number of carbonyl (C=O) groups is 1. The second-order valence-electron chi connectivity index (χ2n) is 6.03. The molecule has 0 radical (unpaired) electrons. The van der Waals surface area contributed by atoms with Crippen LogP contribution in [0.15, 0.2) is 47.4 Å². The molecule has 0 saturated carbocycles. The van der Waals surface area contributed by atoms with Gasteiger partial charge in [-0.2, -0.15) is 0 Å². The summed E-state index contributed by atoms with van der Waals surface area (Å²) in [5.74, 6) is 0.727. The lowest BCUT2D eigenvalue weighted by atomic mass is 10.0. The lowest BCUT2D eigenvalue weighted by Gasteiger charge is -2.10. The van der Waals surface area contributed by atoms with E-state index in [1.165, 1.54) is 5.56 Å². The van der Waals surface area contributed by atoms with Gasteiger partial charge in [0, 0.05) is 12.1 Å². The smallest absolute Gasteiger partial charge is 0.285 e. The fraction of sp³-hybridized carbons (Fsp3) is 0.333. The maximum atomic E-state index is 11.9. The Hall–Kier alpha value is -3.16. The van der Waals surface area contributed by atoms with E-state index in [-0.39, 0.29) is 25.4 Å². The average molecular weight is 359 g/mol. The number of rotatable bonds is 8. The van der Waals surface area contributed by atoms with E-state index in [9.17, 15) is 19.7 Å². The summed E-state index contributed by atoms with van der Waals surface area (Å²) in [6.07, 6.45) is 1.05.